The molecule has 0 saturated heterocycles. The first-order valence-corrected chi connectivity index (χ1v) is 5.49. The molecule has 14 heavy (non-hydrogen) atoms. The van der Waals surface area contributed by atoms with E-state index >= 15 is 0 Å². The highest BCUT2D eigenvalue weighted by Gasteiger charge is 2.07. The lowest BCUT2D eigenvalue weighted by molar-refractivity contribution is 1.09. The highest BCUT2D eigenvalue weighted by atomic mass is 35.5. The molecule has 0 amide bonds. The Morgan fingerprint density at radius 2 is 2.00 bits per heavy atom. The molecule has 2 rings (SSSR count). The van der Waals surface area contributed by atoms with Crippen molar-refractivity contribution in [3.05, 3.63) is 33.3 Å². The van der Waals surface area contributed by atoms with Gasteiger partial charge in [0.15, 0.2) is 0 Å². The van der Waals surface area contributed by atoms with Crippen LogP contribution in [0.25, 0.3) is 10.6 Å². The van der Waals surface area contributed by atoms with Crippen LogP contribution in [0.1, 0.15) is 5.56 Å². The highest BCUT2D eigenvalue weighted by Crippen LogP contribution is 2.29. The van der Waals surface area contributed by atoms with Gasteiger partial charge in [0.25, 0.3) is 0 Å². The molecule has 0 spiro atoms. The predicted molar refractivity (Wildman–Crippen MR) is 60.1 cm³/mol. The van der Waals surface area contributed by atoms with Crippen LogP contribution in [0.4, 0.5) is 0 Å². The Labute approximate surface area is 95.5 Å². The number of aryl methyl sites for hydroxylation is 1. The van der Waals surface area contributed by atoms with Gasteiger partial charge in [-0.1, -0.05) is 29.0 Å². The number of hydrogen-bond donors (Lipinski definition) is 0. The minimum absolute atomic E-state index is 0.453. The van der Waals surface area contributed by atoms with Gasteiger partial charge in [0.1, 0.15) is 5.01 Å². The molecule has 1 heterocycles. The molecule has 72 valence electrons. The maximum absolute atomic E-state index is 5.85. The van der Waals surface area contributed by atoms with E-state index in [0.29, 0.717) is 4.47 Å². The zero-order valence-corrected chi connectivity index (χ0v) is 9.62. The van der Waals surface area contributed by atoms with E-state index in [0.717, 1.165) is 21.2 Å². The Hall–Kier alpha value is -0.640. The van der Waals surface area contributed by atoms with Crippen LogP contribution in [0.2, 0.25) is 9.49 Å². The summed E-state index contributed by atoms with van der Waals surface area (Å²) in [5.74, 6) is 0. The molecule has 2 nitrogen and oxygen atoms in total. The summed E-state index contributed by atoms with van der Waals surface area (Å²) in [5, 5.41) is 9.27. The standard InChI is InChI=1S/C9H6Cl2N2S/c1-5-4-6(10)2-3-7(5)8-12-13-9(11)14-8/h2-4H,1H3. The average molecular weight is 245 g/mol. The third kappa shape index (κ3) is 1.90. The topological polar surface area (TPSA) is 25.8 Å². The molecule has 0 aliphatic carbocycles. The van der Waals surface area contributed by atoms with Gasteiger partial charge in [0.2, 0.25) is 4.47 Å². The predicted octanol–water partition coefficient (Wildman–Crippen LogP) is 3.82. The molecule has 0 unspecified atom stereocenters. The number of hydrogen-bond acceptors (Lipinski definition) is 3. The molecule has 0 bridgehead atoms. The maximum Gasteiger partial charge on any atom is 0.207 e. The summed E-state index contributed by atoms with van der Waals surface area (Å²) >= 11 is 12.9. The Morgan fingerprint density at radius 3 is 2.57 bits per heavy atom. The van der Waals surface area contributed by atoms with Gasteiger partial charge in [0, 0.05) is 10.6 Å². The SMILES string of the molecule is Cc1cc(Cl)ccc1-c1nnc(Cl)s1. The number of benzene rings is 1. The van der Waals surface area contributed by atoms with Crippen molar-refractivity contribution in [3.63, 3.8) is 0 Å². The van der Waals surface area contributed by atoms with E-state index < -0.39 is 0 Å². The van der Waals surface area contributed by atoms with Gasteiger partial charge in [-0.3, -0.25) is 0 Å². The van der Waals surface area contributed by atoms with Gasteiger partial charge in [-0.15, -0.1) is 10.2 Å². The quantitative estimate of drug-likeness (QED) is 0.763. The van der Waals surface area contributed by atoms with E-state index in [9.17, 15) is 0 Å². The van der Waals surface area contributed by atoms with Gasteiger partial charge in [-0.05, 0) is 36.2 Å². The van der Waals surface area contributed by atoms with Gasteiger partial charge < -0.3 is 0 Å². The molecular formula is C9H6Cl2N2S. The second-order valence-electron chi connectivity index (χ2n) is 2.82. The van der Waals surface area contributed by atoms with Crippen molar-refractivity contribution in [1.29, 1.82) is 0 Å². The lowest BCUT2D eigenvalue weighted by Gasteiger charge is -2.00. The van der Waals surface area contributed by atoms with E-state index in [1.165, 1.54) is 11.3 Å². The first kappa shape index (κ1) is 9.90. The van der Waals surface area contributed by atoms with E-state index in [1.807, 2.05) is 25.1 Å². The second-order valence-corrected chi connectivity index (χ2v) is 4.82. The summed E-state index contributed by atoms with van der Waals surface area (Å²) in [6.07, 6.45) is 0. The fraction of sp³-hybridized carbons (Fsp3) is 0.111. The summed E-state index contributed by atoms with van der Waals surface area (Å²) in [4.78, 5) is 0. The van der Waals surface area contributed by atoms with Crippen molar-refractivity contribution in [2.75, 3.05) is 0 Å². The molecule has 0 radical (unpaired) electrons. The maximum atomic E-state index is 5.85. The fourth-order valence-electron chi connectivity index (χ4n) is 1.18. The average Bonchev–Trinajstić information content (AvgIpc) is 2.51. The van der Waals surface area contributed by atoms with E-state index in [1.54, 1.807) is 0 Å². The summed E-state index contributed by atoms with van der Waals surface area (Å²) in [7, 11) is 0. The molecule has 0 atom stereocenters. The third-order valence-electron chi connectivity index (χ3n) is 1.82. The van der Waals surface area contributed by atoms with Gasteiger partial charge in [-0.2, -0.15) is 0 Å². The third-order valence-corrected chi connectivity index (χ3v) is 3.11. The second kappa shape index (κ2) is 3.85. The lowest BCUT2D eigenvalue weighted by Crippen LogP contribution is -1.82. The summed E-state index contributed by atoms with van der Waals surface area (Å²) < 4.78 is 0.453. The molecule has 0 aliphatic rings. The molecular weight excluding hydrogens is 239 g/mol. The van der Waals surface area contributed by atoms with Crippen molar-refractivity contribution in [1.82, 2.24) is 10.2 Å². The first-order valence-electron chi connectivity index (χ1n) is 3.92. The van der Waals surface area contributed by atoms with Gasteiger partial charge in [0.05, 0.1) is 0 Å². The number of rotatable bonds is 1. The summed E-state index contributed by atoms with van der Waals surface area (Å²) in [6.45, 7) is 1.98. The van der Waals surface area contributed by atoms with Crippen molar-refractivity contribution in [3.8, 4) is 10.6 Å². The van der Waals surface area contributed by atoms with Crippen LogP contribution in [0.3, 0.4) is 0 Å². The van der Waals surface area contributed by atoms with Crippen LogP contribution in [0.15, 0.2) is 18.2 Å². The molecule has 2 aromatic rings. The molecule has 5 heteroatoms. The Bertz CT molecular complexity index is 468. The van der Waals surface area contributed by atoms with Crippen molar-refractivity contribution in [2.45, 2.75) is 6.92 Å². The molecule has 0 N–H and O–H groups in total. The molecule has 1 aromatic carbocycles. The minimum Gasteiger partial charge on any atom is -0.137 e. The van der Waals surface area contributed by atoms with Crippen LogP contribution in [0, 0.1) is 6.92 Å². The van der Waals surface area contributed by atoms with Crippen LogP contribution < -0.4 is 0 Å². The van der Waals surface area contributed by atoms with Crippen molar-refractivity contribution < 1.29 is 0 Å². The van der Waals surface area contributed by atoms with E-state index in [-0.39, 0.29) is 0 Å². The molecule has 0 saturated carbocycles. The number of nitrogens with zero attached hydrogens (tertiary/aromatic N) is 2. The largest absolute Gasteiger partial charge is 0.207 e. The zero-order chi connectivity index (χ0) is 10.1. The summed E-state index contributed by atoms with van der Waals surface area (Å²) in [6, 6.07) is 5.65. The molecule has 1 aromatic heterocycles. The van der Waals surface area contributed by atoms with E-state index in [4.69, 9.17) is 23.2 Å². The Balaban J connectivity index is 2.52. The van der Waals surface area contributed by atoms with Crippen LogP contribution in [-0.4, -0.2) is 10.2 Å². The lowest BCUT2D eigenvalue weighted by atomic mass is 10.1. The Morgan fingerprint density at radius 1 is 1.21 bits per heavy atom. The van der Waals surface area contributed by atoms with Crippen LogP contribution in [-0.2, 0) is 0 Å². The van der Waals surface area contributed by atoms with Crippen molar-refractivity contribution >= 4 is 34.5 Å². The van der Waals surface area contributed by atoms with Crippen LogP contribution >= 0.6 is 34.5 Å². The smallest absolute Gasteiger partial charge is 0.137 e. The zero-order valence-electron chi connectivity index (χ0n) is 7.29. The van der Waals surface area contributed by atoms with Crippen LogP contribution in [0.5, 0.6) is 0 Å². The number of aromatic nitrogens is 2. The molecule has 0 aliphatic heterocycles. The monoisotopic (exact) mass is 244 g/mol. The van der Waals surface area contributed by atoms with Gasteiger partial charge in [-0.25, -0.2) is 0 Å². The first-order chi connectivity index (χ1) is 6.66. The molecule has 0 fully saturated rings. The highest BCUT2D eigenvalue weighted by molar-refractivity contribution is 7.18. The van der Waals surface area contributed by atoms with Crippen molar-refractivity contribution in [2.24, 2.45) is 0 Å². The van der Waals surface area contributed by atoms with E-state index in [2.05, 4.69) is 10.2 Å². The van der Waals surface area contributed by atoms with Gasteiger partial charge >= 0.3 is 0 Å². The number of halogens is 2. The summed E-state index contributed by atoms with van der Waals surface area (Å²) in [5.41, 5.74) is 2.10. The minimum atomic E-state index is 0.453. The normalized spacial score (nSPS) is 10.5. The fourth-order valence-corrected chi connectivity index (χ4v) is 2.33. The Kier molecular flexibility index (Phi) is 2.72.